The van der Waals surface area contributed by atoms with Gasteiger partial charge in [0.1, 0.15) is 0 Å². The fourth-order valence-electron chi connectivity index (χ4n) is 1.19. The zero-order valence-electron chi connectivity index (χ0n) is 9.71. The number of hydrogen-bond donors (Lipinski definition) is 0. The molecule has 0 aromatic heterocycles. The molecule has 0 saturated heterocycles. The minimum absolute atomic E-state index is 0.201. The van der Waals surface area contributed by atoms with Gasteiger partial charge in [-0.2, -0.15) is 0 Å². The Balaban J connectivity index is 2.70. The summed E-state index contributed by atoms with van der Waals surface area (Å²) in [6.45, 7) is 4.06. The molecule has 15 heavy (non-hydrogen) atoms. The summed E-state index contributed by atoms with van der Waals surface area (Å²) in [6, 6.07) is 9.46. The second-order valence-corrected chi connectivity index (χ2v) is 19.7. The quantitative estimate of drug-likeness (QED) is 0.612. The van der Waals surface area contributed by atoms with Crippen LogP contribution in [0.2, 0.25) is 14.8 Å². The van der Waals surface area contributed by atoms with Gasteiger partial charge in [-0.25, -0.2) is 0 Å². The molecule has 0 fully saturated rings. The van der Waals surface area contributed by atoms with Gasteiger partial charge in [-0.05, 0) is 0 Å². The van der Waals surface area contributed by atoms with Crippen molar-refractivity contribution in [3.05, 3.63) is 46.1 Å². The number of hydrogen-bond acceptors (Lipinski definition) is 1. The van der Waals surface area contributed by atoms with Gasteiger partial charge in [-0.3, -0.25) is 0 Å². The molecule has 0 unspecified atom stereocenters. The molecule has 0 bridgehead atoms. The predicted octanol–water partition coefficient (Wildman–Crippen LogP) is 3.69. The van der Waals surface area contributed by atoms with Crippen molar-refractivity contribution in [1.82, 2.24) is 0 Å². The fraction of sp³-hybridized carbons (Fsp3) is 0.308. The second-order valence-electron chi connectivity index (χ2n) is 4.82. The number of allylic oxidation sites excluding steroid dienone is 1. The topological polar surface area (TPSA) is 17.1 Å². The van der Waals surface area contributed by atoms with E-state index in [1.807, 2.05) is 30.3 Å². The molecule has 0 aliphatic heterocycles. The van der Waals surface area contributed by atoms with Crippen LogP contribution < -0.4 is 0 Å². The molecule has 0 saturated carbocycles. The van der Waals surface area contributed by atoms with E-state index in [0.717, 1.165) is 5.56 Å². The Morgan fingerprint density at radius 1 is 1.20 bits per heavy atom. The summed E-state index contributed by atoms with van der Waals surface area (Å²) < 4.78 is 1.19. The molecule has 0 spiro atoms. The molecule has 0 aliphatic carbocycles. The van der Waals surface area contributed by atoms with Crippen LogP contribution in [0.3, 0.4) is 0 Å². The van der Waals surface area contributed by atoms with Gasteiger partial charge in [0.25, 0.3) is 0 Å². The molecule has 0 atom stereocenters. The Morgan fingerprint density at radius 2 is 1.73 bits per heavy atom. The van der Waals surface area contributed by atoms with E-state index < -0.39 is 18.4 Å². The van der Waals surface area contributed by atoms with Crippen molar-refractivity contribution >= 4 is 24.2 Å². The van der Waals surface area contributed by atoms with E-state index in [1.54, 1.807) is 0 Å². The molecule has 0 aliphatic rings. The fourth-order valence-corrected chi connectivity index (χ4v) is 3.16. The van der Waals surface area contributed by atoms with Crippen molar-refractivity contribution in [2.24, 2.45) is 0 Å². The van der Waals surface area contributed by atoms with E-state index in [9.17, 15) is 4.79 Å². The summed E-state index contributed by atoms with van der Waals surface area (Å²) in [5.74, 6) is 0.201. The first-order valence-electron chi connectivity index (χ1n) is 5.18. The van der Waals surface area contributed by atoms with Crippen molar-refractivity contribution in [2.75, 3.05) is 0 Å². The van der Waals surface area contributed by atoms with E-state index in [-0.39, 0.29) is 5.78 Å². The number of ketones is 1. The minimum atomic E-state index is -2.08. The van der Waals surface area contributed by atoms with Gasteiger partial charge >= 0.3 is 96.3 Å². The average molecular weight is 309 g/mol. The zero-order chi connectivity index (χ0) is 11.5. The van der Waals surface area contributed by atoms with Gasteiger partial charge in [0.05, 0.1) is 0 Å². The van der Waals surface area contributed by atoms with Crippen LogP contribution in [0.25, 0.3) is 0 Å². The number of Topliss-reactive ketones (excluding diaryl/α,β-unsaturated/α-hetero) is 1. The first-order chi connectivity index (χ1) is 6.91. The van der Waals surface area contributed by atoms with Crippen molar-refractivity contribution in [3.63, 3.8) is 0 Å². The van der Waals surface area contributed by atoms with Crippen LogP contribution >= 0.6 is 0 Å². The Labute approximate surface area is 96.1 Å². The first-order valence-corrected chi connectivity index (χ1v) is 15.2. The van der Waals surface area contributed by atoms with Crippen LogP contribution in [0, 0.1) is 0 Å². The summed E-state index contributed by atoms with van der Waals surface area (Å²) in [6.07, 6.45) is 0.531. The van der Waals surface area contributed by atoms with Crippen LogP contribution in [0.5, 0.6) is 0 Å². The summed E-state index contributed by atoms with van der Waals surface area (Å²) >= 11 is -2.08. The molecule has 0 amide bonds. The molecule has 0 radical (unpaired) electrons. The Kier molecular flexibility index (Phi) is 4.14. The van der Waals surface area contributed by atoms with Crippen LogP contribution in [-0.4, -0.2) is 24.2 Å². The number of carbonyl (C=O) groups excluding carboxylic acids is 1. The molecular formula is C13H18OSn. The molecule has 1 rings (SSSR count). The van der Waals surface area contributed by atoms with E-state index in [2.05, 4.69) is 21.4 Å². The molecular weight excluding hydrogens is 291 g/mol. The maximum absolute atomic E-state index is 11.9. The normalized spacial score (nSPS) is 11.1. The van der Waals surface area contributed by atoms with E-state index >= 15 is 0 Å². The third-order valence-corrected chi connectivity index (χ3v) is 9.09. The summed E-state index contributed by atoms with van der Waals surface area (Å²) in [7, 11) is 0. The van der Waals surface area contributed by atoms with Gasteiger partial charge in [-0.1, -0.05) is 0 Å². The number of benzene rings is 1. The van der Waals surface area contributed by atoms with E-state index in [4.69, 9.17) is 0 Å². The van der Waals surface area contributed by atoms with Gasteiger partial charge in [-0.15, -0.1) is 0 Å². The Morgan fingerprint density at radius 3 is 2.20 bits per heavy atom. The Bertz CT molecular complexity index is 360. The van der Waals surface area contributed by atoms with Crippen molar-refractivity contribution < 1.29 is 4.79 Å². The molecule has 2 heteroatoms. The predicted molar refractivity (Wildman–Crippen MR) is 67.9 cm³/mol. The zero-order valence-corrected chi connectivity index (χ0v) is 12.6. The standard InChI is InChI=1S/C10H9O.3CH3.Sn/c1-2-6-10(11)9-7-4-3-5-8-9;;;;/h3-5,7-8H,1,6H2;3*1H3;. The van der Waals surface area contributed by atoms with Crippen molar-refractivity contribution in [2.45, 2.75) is 21.2 Å². The first kappa shape index (κ1) is 12.5. The molecule has 0 N–H and O–H groups in total. The number of rotatable bonds is 4. The van der Waals surface area contributed by atoms with Crippen molar-refractivity contribution in [1.29, 1.82) is 0 Å². The molecule has 1 nitrogen and oxygen atoms in total. The van der Waals surface area contributed by atoms with Crippen LogP contribution in [-0.2, 0) is 0 Å². The second kappa shape index (κ2) is 4.97. The Hall–Kier alpha value is -0.571. The van der Waals surface area contributed by atoms with Gasteiger partial charge in [0, 0.05) is 0 Å². The van der Waals surface area contributed by atoms with E-state index in [1.165, 1.54) is 3.59 Å². The summed E-state index contributed by atoms with van der Waals surface area (Å²) in [5, 5.41) is 0. The molecule has 1 aromatic carbocycles. The molecule has 1 aromatic rings. The number of carbonyl (C=O) groups is 1. The van der Waals surface area contributed by atoms with Crippen molar-refractivity contribution in [3.8, 4) is 0 Å². The summed E-state index contributed by atoms with van der Waals surface area (Å²) in [5.41, 5.74) is 0.800. The molecule has 0 heterocycles. The molecule has 80 valence electrons. The van der Waals surface area contributed by atoms with Gasteiger partial charge < -0.3 is 0 Å². The van der Waals surface area contributed by atoms with Gasteiger partial charge in [0.2, 0.25) is 0 Å². The van der Waals surface area contributed by atoms with Gasteiger partial charge in [0.15, 0.2) is 0 Å². The van der Waals surface area contributed by atoms with Crippen LogP contribution in [0.15, 0.2) is 40.5 Å². The van der Waals surface area contributed by atoms with Crippen LogP contribution in [0.1, 0.15) is 16.8 Å². The van der Waals surface area contributed by atoms with E-state index in [0.29, 0.717) is 6.42 Å². The van der Waals surface area contributed by atoms with Crippen LogP contribution in [0.4, 0.5) is 0 Å². The maximum atomic E-state index is 11.9. The third kappa shape index (κ3) is 3.82. The summed E-state index contributed by atoms with van der Waals surface area (Å²) in [4.78, 5) is 18.7. The SMILES string of the molecule is C=[C](CC(=O)c1ccccc1)[Sn]([CH3])([CH3])[CH3]. The average Bonchev–Trinajstić information content (AvgIpc) is 2.17. The third-order valence-electron chi connectivity index (χ3n) is 2.53. The monoisotopic (exact) mass is 310 g/mol.